The van der Waals surface area contributed by atoms with Crippen LogP contribution in [0.15, 0.2) is 47.4 Å². The second-order valence-corrected chi connectivity index (χ2v) is 10.6. The molecule has 2 aromatic rings. The van der Waals surface area contributed by atoms with Gasteiger partial charge in [0, 0.05) is 36.9 Å². The zero-order valence-corrected chi connectivity index (χ0v) is 18.6. The van der Waals surface area contributed by atoms with Gasteiger partial charge in [-0.15, -0.1) is 0 Å². The lowest BCUT2D eigenvalue weighted by molar-refractivity contribution is 0.385. The van der Waals surface area contributed by atoms with Crippen LogP contribution in [0.3, 0.4) is 0 Å². The van der Waals surface area contributed by atoms with Gasteiger partial charge in [-0.2, -0.15) is 4.31 Å². The summed E-state index contributed by atoms with van der Waals surface area (Å²) in [4.78, 5) is 2.60. The molecule has 1 saturated carbocycles. The van der Waals surface area contributed by atoms with Crippen molar-refractivity contribution in [2.75, 3.05) is 31.1 Å². The molecular weight excluding hydrogens is 404 g/mol. The van der Waals surface area contributed by atoms with Crippen molar-refractivity contribution < 1.29 is 8.42 Å². The van der Waals surface area contributed by atoms with Gasteiger partial charge in [-0.05, 0) is 61.1 Å². The minimum Gasteiger partial charge on any atom is -0.369 e. The Bertz CT molecular complexity index is 945. The van der Waals surface area contributed by atoms with Crippen LogP contribution in [0.25, 0.3) is 0 Å². The van der Waals surface area contributed by atoms with E-state index in [-0.39, 0.29) is 0 Å². The third-order valence-corrected chi connectivity index (χ3v) is 8.67. The summed E-state index contributed by atoms with van der Waals surface area (Å²) >= 11 is 6.25. The van der Waals surface area contributed by atoms with E-state index in [2.05, 4.69) is 11.0 Å². The van der Waals surface area contributed by atoms with E-state index in [1.54, 1.807) is 16.4 Å². The zero-order valence-electron chi connectivity index (χ0n) is 17.0. The third-order valence-electron chi connectivity index (χ3n) is 6.35. The highest BCUT2D eigenvalue weighted by Crippen LogP contribution is 2.33. The Balaban J connectivity index is 1.42. The van der Waals surface area contributed by atoms with Crippen LogP contribution in [-0.2, 0) is 10.0 Å². The van der Waals surface area contributed by atoms with E-state index in [0.29, 0.717) is 37.0 Å². The summed E-state index contributed by atoms with van der Waals surface area (Å²) in [6.45, 7) is 4.28. The largest absolute Gasteiger partial charge is 0.369 e. The molecule has 0 bridgehead atoms. The molecule has 0 spiro atoms. The molecule has 0 atom stereocenters. The Labute approximate surface area is 179 Å². The smallest absolute Gasteiger partial charge is 0.243 e. The predicted molar refractivity (Wildman–Crippen MR) is 119 cm³/mol. The van der Waals surface area contributed by atoms with Crippen molar-refractivity contribution in [3.8, 4) is 0 Å². The fraction of sp³-hybridized carbons (Fsp3) is 0.478. The summed E-state index contributed by atoms with van der Waals surface area (Å²) in [5.74, 6) is 0.588. The van der Waals surface area contributed by atoms with Crippen molar-refractivity contribution in [3.63, 3.8) is 0 Å². The van der Waals surface area contributed by atoms with Crippen LogP contribution in [0.2, 0.25) is 5.02 Å². The molecule has 6 heteroatoms. The highest BCUT2D eigenvalue weighted by Gasteiger charge is 2.29. The normalized spacial score (nSPS) is 19.4. The topological polar surface area (TPSA) is 40.6 Å². The van der Waals surface area contributed by atoms with Gasteiger partial charge in [-0.25, -0.2) is 8.42 Å². The Morgan fingerprint density at radius 2 is 1.55 bits per heavy atom. The summed E-state index contributed by atoms with van der Waals surface area (Å²) in [6.07, 6.45) is 6.32. The average molecular weight is 433 g/mol. The lowest BCUT2D eigenvalue weighted by Gasteiger charge is -2.35. The number of piperazine rings is 1. The van der Waals surface area contributed by atoms with Gasteiger partial charge in [0.2, 0.25) is 10.0 Å². The summed E-state index contributed by atoms with van der Waals surface area (Å²) < 4.78 is 27.8. The average Bonchev–Trinajstić information content (AvgIpc) is 2.76. The van der Waals surface area contributed by atoms with Crippen LogP contribution >= 0.6 is 11.6 Å². The number of halogens is 1. The van der Waals surface area contributed by atoms with Crippen LogP contribution in [0, 0.1) is 6.92 Å². The minimum absolute atomic E-state index is 0.406. The molecule has 2 aromatic carbocycles. The Morgan fingerprint density at radius 1 is 0.897 bits per heavy atom. The fourth-order valence-electron chi connectivity index (χ4n) is 4.46. The second kappa shape index (κ2) is 8.66. The molecule has 0 aromatic heterocycles. The molecule has 4 rings (SSSR count). The lowest BCUT2D eigenvalue weighted by Crippen LogP contribution is -2.48. The van der Waals surface area contributed by atoms with Crippen LogP contribution < -0.4 is 4.90 Å². The second-order valence-electron chi connectivity index (χ2n) is 8.23. The maximum atomic E-state index is 13.1. The van der Waals surface area contributed by atoms with E-state index in [1.807, 2.05) is 31.2 Å². The van der Waals surface area contributed by atoms with Gasteiger partial charge >= 0.3 is 0 Å². The van der Waals surface area contributed by atoms with E-state index < -0.39 is 10.0 Å². The number of aryl methyl sites for hydroxylation is 1. The monoisotopic (exact) mass is 432 g/mol. The van der Waals surface area contributed by atoms with E-state index >= 15 is 0 Å². The molecule has 1 aliphatic carbocycles. The number of hydrogen-bond acceptors (Lipinski definition) is 3. The molecule has 29 heavy (non-hydrogen) atoms. The highest BCUT2D eigenvalue weighted by molar-refractivity contribution is 7.89. The van der Waals surface area contributed by atoms with Gasteiger partial charge in [0.05, 0.1) is 4.90 Å². The summed E-state index contributed by atoms with van der Waals surface area (Å²) in [5.41, 5.74) is 3.38. The van der Waals surface area contributed by atoms with Crippen molar-refractivity contribution in [3.05, 3.63) is 58.6 Å². The molecule has 4 nitrogen and oxygen atoms in total. The molecule has 2 fully saturated rings. The van der Waals surface area contributed by atoms with Gasteiger partial charge in [-0.1, -0.05) is 49.1 Å². The highest BCUT2D eigenvalue weighted by atomic mass is 35.5. The number of nitrogens with zero attached hydrogens (tertiary/aromatic N) is 2. The molecule has 0 N–H and O–H groups in total. The number of anilines is 1. The summed E-state index contributed by atoms with van der Waals surface area (Å²) in [5, 5.41) is 0.746. The molecule has 1 heterocycles. The van der Waals surface area contributed by atoms with Gasteiger partial charge in [0.25, 0.3) is 0 Å². The number of benzene rings is 2. The molecule has 2 aliphatic rings. The van der Waals surface area contributed by atoms with E-state index in [1.165, 1.54) is 37.7 Å². The fourth-order valence-corrected chi connectivity index (χ4v) is 6.06. The maximum Gasteiger partial charge on any atom is 0.243 e. The van der Waals surface area contributed by atoms with E-state index in [0.717, 1.165) is 16.3 Å². The van der Waals surface area contributed by atoms with Crippen LogP contribution in [0.4, 0.5) is 5.69 Å². The molecular formula is C23H29ClN2O2S. The summed E-state index contributed by atoms with van der Waals surface area (Å²) in [7, 11) is -3.45. The molecule has 0 unspecified atom stereocenters. The first-order valence-electron chi connectivity index (χ1n) is 10.6. The van der Waals surface area contributed by atoms with E-state index in [9.17, 15) is 8.42 Å². The van der Waals surface area contributed by atoms with Crippen LogP contribution in [0.5, 0.6) is 0 Å². The predicted octanol–water partition coefficient (Wildman–Crippen LogP) is 5.21. The molecule has 0 amide bonds. The summed E-state index contributed by atoms with van der Waals surface area (Å²) in [6, 6.07) is 13.7. The quantitative estimate of drug-likeness (QED) is 0.666. The number of sulfonamides is 1. The zero-order chi connectivity index (χ0) is 20.4. The Kier molecular flexibility index (Phi) is 6.19. The van der Waals surface area contributed by atoms with Crippen molar-refractivity contribution in [1.82, 2.24) is 4.31 Å². The van der Waals surface area contributed by atoms with Gasteiger partial charge < -0.3 is 4.90 Å². The standard InChI is InChI=1S/C23H29ClN2O2S/c1-18-7-10-21(17-23(18)24)25-13-15-26(16-14-25)29(27,28)22-11-8-20(9-12-22)19-5-3-2-4-6-19/h7-12,17,19H,2-6,13-16H2,1H3. The Hall–Kier alpha value is -1.56. The number of rotatable bonds is 4. The van der Waals surface area contributed by atoms with Crippen molar-refractivity contribution in [2.24, 2.45) is 0 Å². The first kappa shape index (κ1) is 20.7. The van der Waals surface area contributed by atoms with Crippen LogP contribution in [-0.4, -0.2) is 38.9 Å². The Morgan fingerprint density at radius 3 is 2.17 bits per heavy atom. The van der Waals surface area contributed by atoms with E-state index in [4.69, 9.17) is 11.6 Å². The maximum absolute atomic E-state index is 13.1. The first-order valence-corrected chi connectivity index (χ1v) is 12.4. The molecule has 0 radical (unpaired) electrons. The van der Waals surface area contributed by atoms with Crippen molar-refractivity contribution in [1.29, 1.82) is 0 Å². The van der Waals surface area contributed by atoms with Gasteiger partial charge in [0.1, 0.15) is 0 Å². The SMILES string of the molecule is Cc1ccc(N2CCN(S(=O)(=O)c3ccc(C4CCCCC4)cc3)CC2)cc1Cl. The first-order chi connectivity index (χ1) is 13.9. The molecule has 1 saturated heterocycles. The lowest BCUT2D eigenvalue weighted by atomic mass is 9.84. The minimum atomic E-state index is -3.45. The van der Waals surface area contributed by atoms with Crippen molar-refractivity contribution >= 4 is 27.3 Å². The molecule has 156 valence electrons. The molecule has 1 aliphatic heterocycles. The third kappa shape index (κ3) is 4.47. The number of hydrogen-bond donors (Lipinski definition) is 0. The van der Waals surface area contributed by atoms with Crippen molar-refractivity contribution in [2.45, 2.75) is 49.8 Å². The van der Waals surface area contributed by atoms with Gasteiger partial charge in [-0.3, -0.25) is 0 Å². The van der Waals surface area contributed by atoms with Crippen LogP contribution in [0.1, 0.15) is 49.1 Å². The van der Waals surface area contributed by atoms with Gasteiger partial charge in [0.15, 0.2) is 0 Å².